The highest BCUT2D eigenvalue weighted by Gasteiger charge is 2.68. The number of quaternary nitrogens is 1. The zero-order valence-corrected chi connectivity index (χ0v) is 32.5. The fraction of sp³-hybridized carbons (Fsp3) is 0.615. The topological polar surface area (TPSA) is 185 Å². The monoisotopic (exact) mass is 781 g/mol. The first-order valence-electron chi connectivity index (χ1n) is 18.9. The molecular weight excluding hydrogens is 735 g/mol. The Morgan fingerprint density at radius 3 is 2.60 bits per heavy atom. The number of hydroxylamine groups is 3. The van der Waals surface area contributed by atoms with Gasteiger partial charge in [-0.1, -0.05) is 6.07 Å². The number of aliphatic hydroxyl groups is 1. The molecule has 2 aromatic carbocycles. The summed E-state index contributed by atoms with van der Waals surface area (Å²) in [7, 11) is 4.83. The number of piperazine rings is 1. The van der Waals surface area contributed by atoms with Gasteiger partial charge in [0.25, 0.3) is 0 Å². The van der Waals surface area contributed by atoms with E-state index >= 15 is 10.0 Å². The smallest absolute Gasteiger partial charge is 0.332 e. The Kier molecular flexibility index (Phi) is 8.70. The van der Waals surface area contributed by atoms with E-state index in [2.05, 4.69) is 5.32 Å². The maximum atomic E-state index is 16.3. The van der Waals surface area contributed by atoms with Gasteiger partial charge in [-0.05, 0) is 69.7 Å². The highest BCUT2D eigenvalue weighted by Crippen LogP contribution is 2.66. The maximum Gasteiger partial charge on any atom is 0.332 e. The van der Waals surface area contributed by atoms with Gasteiger partial charge in [-0.3, -0.25) is 19.1 Å². The van der Waals surface area contributed by atoms with E-state index in [1.807, 2.05) is 17.9 Å². The standard InChI is InChI=1S/C39H47N3O12S/c1-16-9-20-10-22-37(46)42(48)23-13-51-38(47)39(21-12-25(49-5)24(44)11-19(21)7-8-40-39)14-55-36(30(42)29(41(22)4)26(20)31(45)32(16)50-6)28-27(23)35-34(52-15-53-35)17(2)33(28)54-18(3)43/h9,19,21-25,29-30,36,40,44-45H,7-8,10-15H2,1-6H3/t19?,21?,22?,23?,24?,25?,29?,30?,36?,39-,42?/m1/s1. The second-order valence-electron chi connectivity index (χ2n) is 16.2. The van der Waals surface area contributed by atoms with E-state index in [1.165, 1.54) is 25.8 Å². The number of aryl methyl sites for hydroxylation is 1. The second kappa shape index (κ2) is 12.9. The number of amides is 1. The predicted molar refractivity (Wildman–Crippen MR) is 196 cm³/mol. The van der Waals surface area contributed by atoms with Crippen molar-refractivity contribution in [3.63, 3.8) is 0 Å². The lowest BCUT2D eigenvalue weighted by atomic mass is 9.64. The number of nitrogens with one attached hydrogen (secondary N) is 1. The largest absolute Gasteiger partial charge is 0.624 e. The summed E-state index contributed by atoms with van der Waals surface area (Å²) in [6.07, 6.45) is 0.619. The van der Waals surface area contributed by atoms with E-state index < -0.39 is 76.3 Å². The molecular formula is C39H47N3O12S. The van der Waals surface area contributed by atoms with Crippen LogP contribution in [0.2, 0.25) is 0 Å². The minimum Gasteiger partial charge on any atom is -0.624 e. The molecule has 15 nitrogen and oxygen atoms in total. The number of phenolic OH excluding ortho intramolecular Hbond substituents is 1. The molecule has 8 aliphatic rings. The summed E-state index contributed by atoms with van der Waals surface area (Å²) in [6.45, 7) is 4.74. The molecule has 10 rings (SSSR count). The van der Waals surface area contributed by atoms with Gasteiger partial charge in [0.05, 0.1) is 36.2 Å². The van der Waals surface area contributed by atoms with E-state index in [-0.39, 0.29) is 53.8 Å². The molecule has 1 spiro atoms. The van der Waals surface area contributed by atoms with Crippen LogP contribution >= 0.6 is 11.8 Å². The first kappa shape index (κ1) is 37.0. The van der Waals surface area contributed by atoms with E-state index in [9.17, 15) is 19.8 Å². The molecule has 4 bridgehead atoms. The summed E-state index contributed by atoms with van der Waals surface area (Å²) in [5.41, 5.74) is 2.02. The predicted octanol–water partition coefficient (Wildman–Crippen LogP) is 3.01. The van der Waals surface area contributed by atoms with Gasteiger partial charge in [0.2, 0.25) is 6.79 Å². The highest BCUT2D eigenvalue weighted by molar-refractivity contribution is 7.99. The minimum atomic E-state index is -1.39. The number of benzene rings is 2. The molecule has 296 valence electrons. The van der Waals surface area contributed by atoms with Crippen LogP contribution in [0.15, 0.2) is 6.07 Å². The Morgan fingerprint density at radius 1 is 1.11 bits per heavy atom. The highest BCUT2D eigenvalue weighted by atomic mass is 32.2. The number of aliphatic hydroxyl groups excluding tert-OH is 1. The summed E-state index contributed by atoms with van der Waals surface area (Å²) in [5.74, 6) is -0.964. The SMILES string of the molecule is COc1c(C)cc2c(c1O)C1C3C4SC[C@]5(NCCC6CC(O)C(OC)CC65)C(=O)OCC(c5c6c(c(C)c(OC(C)=O)c54)OCO6)[N+]3([O-])C(=O)C(C2)N1C. The number of esters is 2. The molecule has 7 heterocycles. The summed E-state index contributed by atoms with van der Waals surface area (Å²) in [6, 6.07) is -2.23. The number of nitrogens with zero attached hydrogens (tertiary/aromatic N) is 2. The fourth-order valence-corrected chi connectivity index (χ4v) is 13.1. The number of carbonyl (C=O) groups is 3. The zero-order valence-electron chi connectivity index (χ0n) is 31.7. The molecule has 0 radical (unpaired) electrons. The van der Waals surface area contributed by atoms with Crippen LogP contribution in [-0.4, -0.2) is 114 Å². The Balaban J connectivity index is 1.31. The third-order valence-corrected chi connectivity index (χ3v) is 15.2. The molecule has 10 unspecified atom stereocenters. The number of likely N-dealkylation sites (N-methyl/N-ethyl adjacent to an activating group) is 1. The molecule has 1 saturated carbocycles. The third kappa shape index (κ3) is 4.94. The normalized spacial score (nSPS) is 37.3. The van der Waals surface area contributed by atoms with Gasteiger partial charge in [0.1, 0.15) is 30.0 Å². The number of carbonyl (C=O) groups excluding carboxylic acids is 3. The number of ether oxygens (including phenoxy) is 6. The van der Waals surface area contributed by atoms with Crippen LogP contribution in [0.5, 0.6) is 28.7 Å². The molecule has 55 heavy (non-hydrogen) atoms. The Bertz CT molecular complexity index is 2010. The van der Waals surface area contributed by atoms with Gasteiger partial charge < -0.3 is 49.2 Å². The van der Waals surface area contributed by atoms with Crippen molar-refractivity contribution in [1.29, 1.82) is 0 Å². The molecule has 1 amide bonds. The van der Waals surface area contributed by atoms with Gasteiger partial charge in [0, 0.05) is 42.9 Å². The van der Waals surface area contributed by atoms with Gasteiger partial charge in [-0.15, -0.1) is 11.8 Å². The Morgan fingerprint density at radius 2 is 1.87 bits per heavy atom. The van der Waals surface area contributed by atoms with Gasteiger partial charge in [-0.2, -0.15) is 0 Å². The average Bonchev–Trinajstić information content (AvgIpc) is 3.64. The molecule has 4 fully saturated rings. The molecule has 3 saturated heterocycles. The number of methoxy groups -OCH3 is 2. The average molecular weight is 782 g/mol. The van der Waals surface area contributed by atoms with E-state index in [1.54, 1.807) is 21.1 Å². The van der Waals surface area contributed by atoms with Crippen molar-refractivity contribution in [1.82, 2.24) is 10.2 Å². The molecule has 16 heteroatoms. The Labute approximate surface area is 322 Å². The van der Waals surface area contributed by atoms with Crippen LogP contribution in [0.3, 0.4) is 0 Å². The van der Waals surface area contributed by atoms with Crippen molar-refractivity contribution in [2.45, 2.75) is 93.6 Å². The molecule has 0 aromatic heterocycles. The van der Waals surface area contributed by atoms with Gasteiger partial charge in [0.15, 0.2) is 29.0 Å². The second-order valence-corrected chi connectivity index (χ2v) is 17.3. The number of hydrogen-bond donors (Lipinski definition) is 3. The van der Waals surface area contributed by atoms with Crippen LogP contribution in [0.4, 0.5) is 0 Å². The fourth-order valence-electron chi connectivity index (χ4n) is 11.3. The number of hydrogen-bond acceptors (Lipinski definition) is 15. The lowest BCUT2D eigenvalue weighted by molar-refractivity contribution is -0.876. The van der Waals surface area contributed by atoms with Crippen LogP contribution < -0.4 is 24.3 Å². The number of rotatable bonds is 3. The zero-order chi connectivity index (χ0) is 38.9. The minimum absolute atomic E-state index is 0.00807. The van der Waals surface area contributed by atoms with E-state index in [0.717, 1.165) is 12.0 Å². The van der Waals surface area contributed by atoms with E-state index in [0.29, 0.717) is 53.0 Å². The first-order valence-corrected chi connectivity index (χ1v) is 20.0. The van der Waals surface area contributed by atoms with Crippen molar-refractivity contribution in [2.24, 2.45) is 11.8 Å². The quantitative estimate of drug-likeness (QED) is 0.179. The van der Waals surface area contributed by atoms with Crippen molar-refractivity contribution in [3.8, 4) is 28.7 Å². The van der Waals surface area contributed by atoms with Crippen LogP contribution in [0.1, 0.15) is 76.9 Å². The van der Waals surface area contributed by atoms with Crippen molar-refractivity contribution >= 4 is 29.6 Å². The number of phenols is 1. The van der Waals surface area contributed by atoms with Crippen LogP contribution in [0.25, 0.3) is 0 Å². The number of piperidine rings is 1. The summed E-state index contributed by atoms with van der Waals surface area (Å²) < 4.78 is 34.4. The van der Waals surface area contributed by atoms with Crippen LogP contribution in [-0.2, 0) is 30.3 Å². The summed E-state index contributed by atoms with van der Waals surface area (Å²) >= 11 is 1.34. The molecule has 2 aromatic rings. The van der Waals surface area contributed by atoms with Gasteiger partial charge in [-0.25, -0.2) is 4.79 Å². The summed E-state index contributed by atoms with van der Waals surface area (Å²) in [4.78, 5) is 44.7. The Hall–Kier alpha value is -3.64. The molecule has 7 aliphatic heterocycles. The van der Waals surface area contributed by atoms with Gasteiger partial charge >= 0.3 is 17.8 Å². The number of thioether (sulfide) groups is 1. The van der Waals surface area contributed by atoms with Crippen molar-refractivity contribution in [2.75, 3.05) is 47.0 Å². The van der Waals surface area contributed by atoms with Crippen molar-refractivity contribution in [3.05, 3.63) is 44.7 Å². The third-order valence-electron chi connectivity index (χ3n) is 13.7. The molecule has 3 N–H and O–H groups in total. The lowest BCUT2D eigenvalue weighted by Crippen LogP contribution is -2.75. The molecule has 11 atom stereocenters. The first-order chi connectivity index (χ1) is 26.3. The van der Waals surface area contributed by atoms with Crippen molar-refractivity contribution < 1.29 is 57.7 Å². The molecule has 1 aliphatic carbocycles. The number of aromatic hydroxyl groups is 1. The lowest BCUT2D eigenvalue weighted by Gasteiger charge is -2.65. The maximum absolute atomic E-state index is 16.3. The van der Waals surface area contributed by atoms with Crippen LogP contribution in [0, 0.1) is 30.9 Å². The number of fused-ring (bicyclic) bond motifs is 9. The summed E-state index contributed by atoms with van der Waals surface area (Å²) in [5, 5.41) is 42.0. The van der Waals surface area contributed by atoms with E-state index in [4.69, 9.17) is 28.4 Å².